The van der Waals surface area contributed by atoms with Crippen LogP contribution < -0.4 is 0 Å². The third-order valence-corrected chi connectivity index (χ3v) is 3.15. The van der Waals surface area contributed by atoms with Gasteiger partial charge in [0.2, 0.25) is 0 Å². The SMILES string of the molecule is C=C(C)C(=O)OCC(CCCCCC)C(C)C. The lowest BCUT2D eigenvalue weighted by atomic mass is 9.91. The first kappa shape index (κ1) is 16.2. The summed E-state index contributed by atoms with van der Waals surface area (Å²) in [5.74, 6) is 0.786. The molecule has 0 heterocycles. The topological polar surface area (TPSA) is 26.3 Å². The van der Waals surface area contributed by atoms with Crippen LogP contribution in [0.5, 0.6) is 0 Å². The third-order valence-electron chi connectivity index (χ3n) is 3.15. The molecule has 0 spiro atoms. The van der Waals surface area contributed by atoms with Gasteiger partial charge in [0, 0.05) is 5.57 Å². The minimum absolute atomic E-state index is 0.260. The van der Waals surface area contributed by atoms with Crippen molar-refractivity contribution in [2.75, 3.05) is 6.61 Å². The van der Waals surface area contributed by atoms with Crippen molar-refractivity contribution in [2.24, 2.45) is 11.8 Å². The van der Waals surface area contributed by atoms with Gasteiger partial charge in [-0.05, 0) is 25.2 Å². The summed E-state index contributed by atoms with van der Waals surface area (Å²) in [6.45, 7) is 12.4. The van der Waals surface area contributed by atoms with E-state index < -0.39 is 0 Å². The summed E-state index contributed by atoms with van der Waals surface area (Å²) in [6, 6.07) is 0. The maximum absolute atomic E-state index is 11.3. The van der Waals surface area contributed by atoms with Gasteiger partial charge in [-0.2, -0.15) is 0 Å². The number of esters is 1. The molecule has 0 aromatic rings. The van der Waals surface area contributed by atoms with Crippen LogP contribution in [0.3, 0.4) is 0 Å². The predicted octanol–water partition coefficient (Wildman–Crippen LogP) is 4.35. The molecule has 0 aliphatic heterocycles. The van der Waals surface area contributed by atoms with Crippen LogP contribution in [0.25, 0.3) is 0 Å². The molecule has 17 heavy (non-hydrogen) atoms. The van der Waals surface area contributed by atoms with Gasteiger partial charge in [0.1, 0.15) is 0 Å². The molecule has 100 valence electrons. The Morgan fingerprint density at radius 2 is 1.88 bits per heavy atom. The van der Waals surface area contributed by atoms with Crippen molar-refractivity contribution in [2.45, 2.75) is 59.8 Å². The summed E-state index contributed by atoms with van der Waals surface area (Å²) in [4.78, 5) is 11.3. The summed E-state index contributed by atoms with van der Waals surface area (Å²) in [5, 5.41) is 0. The molecule has 0 amide bonds. The van der Waals surface area contributed by atoms with Gasteiger partial charge in [0.15, 0.2) is 0 Å². The second-order valence-electron chi connectivity index (χ2n) is 5.23. The van der Waals surface area contributed by atoms with Crippen LogP contribution in [-0.2, 0) is 9.53 Å². The van der Waals surface area contributed by atoms with E-state index in [0.717, 1.165) is 6.42 Å². The largest absolute Gasteiger partial charge is 0.462 e. The van der Waals surface area contributed by atoms with Gasteiger partial charge in [-0.1, -0.05) is 53.0 Å². The summed E-state index contributed by atoms with van der Waals surface area (Å²) < 4.78 is 5.25. The minimum atomic E-state index is -0.260. The van der Waals surface area contributed by atoms with E-state index in [1.54, 1.807) is 6.92 Å². The highest BCUT2D eigenvalue weighted by molar-refractivity contribution is 5.86. The maximum atomic E-state index is 11.3. The Morgan fingerprint density at radius 3 is 2.35 bits per heavy atom. The summed E-state index contributed by atoms with van der Waals surface area (Å²) in [7, 11) is 0. The van der Waals surface area contributed by atoms with Gasteiger partial charge in [-0.15, -0.1) is 0 Å². The number of rotatable bonds is 9. The Balaban J connectivity index is 3.90. The lowest BCUT2D eigenvalue weighted by Gasteiger charge is -2.20. The average molecular weight is 240 g/mol. The minimum Gasteiger partial charge on any atom is -0.462 e. The Bertz CT molecular complexity index is 231. The summed E-state index contributed by atoms with van der Waals surface area (Å²) in [5.41, 5.74) is 0.485. The fraction of sp³-hybridized carbons (Fsp3) is 0.800. The summed E-state index contributed by atoms with van der Waals surface area (Å²) in [6.07, 6.45) is 6.24. The highest BCUT2D eigenvalue weighted by Gasteiger charge is 2.15. The van der Waals surface area contributed by atoms with Gasteiger partial charge in [0.05, 0.1) is 6.61 Å². The van der Waals surface area contributed by atoms with Gasteiger partial charge in [0.25, 0.3) is 0 Å². The Morgan fingerprint density at radius 1 is 1.24 bits per heavy atom. The highest BCUT2D eigenvalue weighted by Crippen LogP contribution is 2.20. The zero-order chi connectivity index (χ0) is 13.3. The van der Waals surface area contributed by atoms with Crippen molar-refractivity contribution in [3.05, 3.63) is 12.2 Å². The number of carbonyl (C=O) groups is 1. The van der Waals surface area contributed by atoms with Crippen molar-refractivity contribution in [1.29, 1.82) is 0 Å². The Labute approximate surface area is 106 Å². The predicted molar refractivity (Wildman–Crippen MR) is 72.9 cm³/mol. The third kappa shape index (κ3) is 8.00. The molecule has 0 aromatic carbocycles. The molecule has 0 aromatic heterocycles. The molecule has 2 heteroatoms. The number of hydrogen-bond donors (Lipinski definition) is 0. The standard InChI is InChI=1S/C15H28O2/c1-6-7-8-9-10-14(12(2)3)11-17-15(16)13(4)5/h12,14H,4,6-11H2,1-3,5H3. The maximum Gasteiger partial charge on any atom is 0.333 e. The zero-order valence-corrected chi connectivity index (χ0v) is 11.9. The number of ether oxygens (including phenoxy) is 1. The molecule has 0 N–H and O–H groups in total. The molecular formula is C15H28O2. The monoisotopic (exact) mass is 240 g/mol. The van der Waals surface area contributed by atoms with E-state index in [0.29, 0.717) is 24.0 Å². The molecule has 0 saturated carbocycles. The van der Waals surface area contributed by atoms with E-state index in [2.05, 4.69) is 27.4 Å². The lowest BCUT2D eigenvalue weighted by Crippen LogP contribution is -2.19. The molecule has 1 unspecified atom stereocenters. The van der Waals surface area contributed by atoms with E-state index in [1.807, 2.05) is 0 Å². The van der Waals surface area contributed by atoms with E-state index in [-0.39, 0.29) is 5.97 Å². The fourth-order valence-corrected chi connectivity index (χ4v) is 1.75. The zero-order valence-electron chi connectivity index (χ0n) is 11.9. The Kier molecular flexibility index (Phi) is 8.83. The first-order valence-corrected chi connectivity index (χ1v) is 6.81. The van der Waals surface area contributed by atoms with Crippen molar-refractivity contribution < 1.29 is 9.53 Å². The molecule has 0 saturated heterocycles. The van der Waals surface area contributed by atoms with Crippen molar-refractivity contribution in [1.82, 2.24) is 0 Å². The van der Waals surface area contributed by atoms with Crippen molar-refractivity contribution in [3.63, 3.8) is 0 Å². The van der Waals surface area contributed by atoms with E-state index >= 15 is 0 Å². The number of hydrogen-bond acceptors (Lipinski definition) is 2. The van der Waals surface area contributed by atoms with Crippen LogP contribution in [0, 0.1) is 11.8 Å². The van der Waals surface area contributed by atoms with Gasteiger partial charge in [-0.3, -0.25) is 0 Å². The van der Waals surface area contributed by atoms with Crippen LogP contribution in [0.15, 0.2) is 12.2 Å². The van der Waals surface area contributed by atoms with Crippen LogP contribution in [0.2, 0.25) is 0 Å². The molecule has 2 nitrogen and oxygen atoms in total. The first-order chi connectivity index (χ1) is 7.99. The molecule has 0 bridgehead atoms. The highest BCUT2D eigenvalue weighted by atomic mass is 16.5. The van der Waals surface area contributed by atoms with E-state index in [4.69, 9.17) is 4.74 Å². The first-order valence-electron chi connectivity index (χ1n) is 6.81. The van der Waals surface area contributed by atoms with E-state index in [1.165, 1.54) is 25.7 Å². The molecule has 0 aliphatic carbocycles. The molecule has 0 aliphatic rings. The second kappa shape index (κ2) is 9.26. The van der Waals surface area contributed by atoms with Crippen molar-refractivity contribution >= 4 is 5.97 Å². The average Bonchev–Trinajstić information content (AvgIpc) is 2.27. The second-order valence-corrected chi connectivity index (χ2v) is 5.23. The molecule has 0 radical (unpaired) electrons. The quantitative estimate of drug-likeness (QED) is 0.340. The van der Waals surface area contributed by atoms with Gasteiger partial charge < -0.3 is 4.74 Å². The molecular weight excluding hydrogens is 212 g/mol. The smallest absolute Gasteiger partial charge is 0.333 e. The molecule has 0 rings (SSSR count). The van der Waals surface area contributed by atoms with Gasteiger partial charge >= 0.3 is 5.97 Å². The number of carbonyl (C=O) groups excluding carboxylic acids is 1. The molecule has 1 atom stereocenters. The van der Waals surface area contributed by atoms with Crippen LogP contribution in [0.4, 0.5) is 0 Å². The van der Waals surface area contributed by atoms with E-state index in [9.17, 15) is 4.79 Å². The van der Waals surface area contributed by atoms with Crippen LogP contribution in [-0.4, -0.2) is 12.6 Å². The van der Waals surface area contributed by atoms with Crippen LogP contribution >= 0.6 is 0 Å². The number of unbranched alkanes of at least 4 members (excludes halogenated alkanes) is 3. The normalized spacial score (nSPS) is 12.5. The summed E-state index contributed by atoms with van der Waals surface area (Å²) >= 11 is 0. The molecule has 0 fully saturated rings. The lowest BCUT2D eigenvalue weighted by molar-refractivity contribution is -0.140. The van der Waals surface area contributed by atoms with Gasteiger partial charge in [-0.25, -0.2) is 4.79 Å². The Hall–Kier alpha value is -0.790. The van der Waals surface area contributed by atoms with Crippen molar-refractivity contribution in [3.8, 4) is 0 Å². The fourth-order valence-electron chi connectivity index (χ4n) is 1.75. The van der Waals surface area contributed by atoms with Crippen LogP contribution in [0.1, 0.15) is 59.8 Å².